The summed E-state index contributed by atoms with van der Waals surface area (Å²) in [6.45, 7) is 3.36. The van der Waals surface area contributed by atoms with Crippen molar-refractivity contribution in [1.82, 2.24) is 25.3 Å². The third-order valence-electron chi connectivity index (χ3n) is 5.99. The summed E-state index contributed by atoms with van der Waals surface area (Å²) in [5.41, 5.74) is 3.66. The van der Waals surface area contributed by atoms with E-state index in [2.05, 4.69) is 30.6 Å². The second-order valence-electron chi connectivity index (χ2n) is 9.12. The van der Waals surface area contributed by atoms with Gasteiger partial charge in [0, 0.05) is 30.6 Å². The van der Waals surface area contributed by atoms with E-state index in [-0.39, 0.29) is 28.6 Å². The van der Waals surface area contributed by atoms with E-state index >= 15 is 4.39 Å². The molecule has 11 nitrogen and oxygen atoms in total. The lowest BCUT2D eigenvalue weighted by atomic mass is 10.1. The zero-order chi connectivity index (χ0) is 30.0. The Balaban J connectivity index is 1.31. The van der Waals surface area contributed by atoms with Crippen molar-refractivity contribution in [3.63, 3.8) is 0 Å². The minimum atomic E-state index is -0.785. The van der Waals surface area contributed by atoms with Crippen molar-refractivity contribution in [1.29, 1.82) is 0 Å². The van der Waals surface area contributed by atoms with Crippen molar-refractivity contribution in [3.05, 3.63) is 64.8 Å². The summed E-state index contributed by atoms with van der Waals surface area (Å²) in [6.07, 6.45) is 1.36. The molecule has 0 spiro atoms. The first-order valence-corrected chi connectivity index (χ1v) is 13.7. The molecule has 0 saturated carbocycles. The van der Waals surface area contributed by atoms with Crippen LogP contribution < -0.4 is 20.1 Å². The summed E-state index contributed by atoms with van der Waals surface area (Å²) in [5, 5.41) is 5.37. The summed E-state index contributed by atoms with van der Waals surface area (Å²) in [5.74, 6) is -0.907. The number of nitrogens with one attached hydrogen (secondary N) is 2. The molecule has 14 heteroatoms. The Morgan fingerprint density at radius 1 is 1.14 bits per heavy atom. The summed E-state index contributed by atoms with van der Waals surface area (Å²) in [7, 11) is 2.99. The van der Waals surface area contributed by atoms with Gasteiger partial charge in [0.25, 0.3) is 5.91 Å². The van der Waals surface area contributed by atoms with E-state index in [0.29, 0.717) is 32.3 Å². The number of rotatable bonds is 8. The van der Waals surface area contributed by atoms with Crippen LogP contribution in [-0.4, -0.2) is 58.8 Å². The highest BCUT2D eigenvalue weighted by atomic mass is 35.5. The molecule has 3 aromatic heterocycles. The normalized spacial score (nSPS) is 11.8. The molecule has 3 heterocycles. The number of fused-ring (bicyclic) bond motifs is 2. The topological polar surface area (TPSA) is 137 Å². The number of thiazole rings is 1. The maximum absolute atomic E-state index is 15.2. The van der Waals surface area contributed by atoms with Gasteiger partial charge in [0.1, 0.15) is 34.0 Å². The molecule has 1 atom stereocenters. The molecule has 42 heavy (non-hydrogen) atoms. The lowest BCUT2D eigenvalue weighted by Crippen LogP contribution is -2.25. The van der Waals surface area contributed by atoms with Crippen LogP contribution in [0.5, 0.6) is 11.6 Å². The first-order valence-electron chi connectivity index (χ1n) is 12.6. The molecular weight excluding hydrogens is 587 g/mol. The van der Waals surface area contributed by atoms with Crippen molar-refractivity contribution in [2.45, 2.75) is 20.0 Å². The number of carbonyl (C=O) groups is 2. The number of ether oxygens (including phenoxy) is 3. The number of aryl methyl sites for hydroxylation is 1. The Kier molecular flexibility index (Phi) is 8.31. The molecule has 5 rings (SSSR count). The highest BCUT2D eigenvalue weighted by Gasteiger charge is 2.21. The second kappa shape index (κ2) is 12.1. The number of aromatic nitrogens is 4. The van der Waals surface area contributed by atoms with Crippen LogP contribution in [0.15, 0.2) is 42.7 Å². The van der Waals surface area contributed by atoms with Crippen LogP contribution in [0.4, 0.5) is 14.9 Å². The predicted molar refractivity (Wildman–Crippen MR) is 157 cm³/mol. The third-order valence-corrected chi connectivity index (χ3v) is 7.37. The van der Waals surface area contributed by atoms with Gasteiger partial charge >= 0.3 is 6.09 Å². The van der Waals surface area contributed by atoms with Gasteiger partial charge in [-0.3, -0.25) is 15.1 Å². The molecule has 216 valence electrons. The van der Waals surface area contributed by atoms with Gasteiger partial charge in [-0.25, -0.2) is 24.1 Å². The van der Waals surface area contributed by atoms with Crippen LogP contribution in [0.2, 0.25) is 5.02 Å². The fourth-order valence-electron chi connectivity index (χ4n) is 4.04. The summed E-state index contributed by atoms with van der Waals surface area (Å²) in [4.78, 5) is 41.6. The molecular formula is C28H24ClFN6O5S. The van der Waals surface area contributed by atoms with E-state index in [0.717, 1.165) is 11.1 Å². The standard InChI is InChI=1S/C28H24ClFN6O5S/c1-13-7-16(24-17(8-13)35-21(39-4)11-33-24)27-36-25-20(42-27)10-19(23(30)22(25)29)40-12-14(2)41-28(38)34-15-5-6-32-18(9-15)26(37)31-3/h5-11,14H,12H2,1-4H3,(H,31,37)(H,32,34,38)/t14-/m1/s1. The van der Waals surface area contributed by atoms with E-state index in [9.17, 15) is 9.59 Å². The Bertz CT molecular complexity index is 1830. The summed E-state index contributed by atoms with van der Waals surface area (Å²) >= 11 is 7.67. The number of amides is 2. The van der Waals surface area contributed by atoms with Gasteiger partial charge in [0.05, 0.1) is 29.0 Å². The van der Waals surface area contributed by atoms with Crippen molar-refractivity contribution in [3.8, 4) is 22.2 Å². The Morgan fingerprint density at radius 3 is 2.71 bits per heavy atom. The number of hydrogen-bond acceptors (Lipinski definition) is 10. The first kappa shape index (κ1) is 28.9. The minimum absolute atomic E-state index is 0.110. The fourth-order valence-corrected chi connectivity index (χ4v) is 5.36. The Labute approximate surface area is 248 Å². The monoisotopic (exact) mass is 610 g/mol. The number of pyridine rings is 1. The van der Waals surface area contributed by atoms with Crippen molar-refractivity contribution < 1.29 is 28.2 Å². The maximum atomic E-state index is 15.2. The van der Waals surface area contributed by atoms with Crippen LogP contribution in [0, 0.1) is 12.7 Å². The van der Waals surface area contributed by atoms with E-state index in [1.54, 1.807) is 6.92 Å². The Hall–Kier alpha value is -4.62. The number of methoxy groups -OCH3 is 1. The molecule has 0 aliphatic rings. The molecule has 0 aliphatic heterocycles. The molecule has 2 N–H and O–H groups in total. The number of carbonyl (C=O) groups excluding carboxylic acids is 2. The average Bonchev–Trinajstić information content (AvgIpc) is 3.41. The summed E-state index contributed by atoms with van der Waals surface area (Å²) < 4.78 is 31.9. The quantitative estimate of drug-likeness (QED) is 0.224. The molecule has 0 saturated heterocycles. The summed E-state index contributed by atoms with van der Waals surface area (Å²) in [6, 6.07) is 8.24. The fraction of sp³-hybridized carbons (Fsp3) is 0.214. The number of anilines is 1. The molecule has 0 bridgehead atoms. The van der Waals surface area contributed by atoms with Gasteiger partial charge in [-0.2, -0.15) is 0 Å². The predicted octanol–water partition coefficient (Wildman–Crippen LogP) is 5.79. The van der Waals surface area contributed by atoms with Gasteiger partial charge in [-0.1, -0.05) is 11.6 Å². The highest BCUT2D eigenvalue weighted by Crippen LogP contribution is 2.40. The highest BCUT2D eigenvalue weighted by molar-refractivity contribution is 7.21. The lowest BCUT2D eigenvalue weighted by Gasteiger charge is -2.15. The molecule has 0 aliphatic carbocycles. The van der Waals surface area contributed by atoms with Crippen LogP contribution in [0.25, 0.3) is 31.8 Å². The SMILES string of the molecule is CNC(=O)c1cc(NC(=O)O[C@H](C)COc2cc3sc(-c4cc(C)cc5nc(OC)cnc45)nc3c(Cl)c2F)ccn1. The first-order chi connectivity index (χ1) is 20.2. The smallest absolute Gasteiger partial charge is 0.412 e. The number of benzene rings is 2. The van der Waals surface area contributed by atoms with Crippen LogP contribution in [0.3, 0.4) is 0 Å². The zero-order valence-corrected chi connectivity index (χ0v) is 24.4. The maximum Gasteiger partial charge on any atom is 0.412 e. The molecule has 2 aromatic carbocycles. The largest absolute Gasteiger partial charge is 0.487 e. The third kappa shape index (κ3) is 6.02. The molecule has 0 fully saturated rings. The lowest BCUT2D eigenvalue weighted by molar-refractivity contribution is 0.0843. The van der Waals surface area contributed by atoms with Crippen LogP contribution in [0.1, 0.15) is 23.0 Å². The minimum Gasteiger partial charge on any atom is -0.487 e. The van der Waals surface area contributed by atoms with Crippen molar-refractivity contribution in [2.24, 2.45) is 0 Å². The van der Waals surface area contributed by atoms with Gasteiger partial charge in [-0.15, -0.1) is 11.3 Å². The van der Waals surface area contributed by atoms with Crippen LogP contribution in [-0.2, 0) is 4.74 Å². The van der Waals surface area contributed by atoms with Gasteiger partial charge < -0.3 is 19.5 Å². The van der Waals surface area contributed by atoms with Gasteiger partial charge in [0.2, 0.25) is 5.88 Å². The van der Waals surface area contributed by atoms with E-state index in [4.69, 9.17) is 25.8 Å². The van der Waals surface area contributed by atoms with E-state index in [1.165, 1.54) is 56.1 Å². The Morgan fingerprint density at radius 2 is 1.95 bits per heavy atom. The van der Waals surface area contributed by atoms with Crippen molar-refractivity contribution in [2.75, 3.05) is 26.1 Å². The molecule has 0 radical (unpaired) electrons. The van der Waals surface area contributed by atoms with E-state index in [1.807, 2.05) is 19.1 Å². The zero-order valence-electron chi connectivity index (χ0n) is 22.8. The molecule has 0 unspecified atom stereocenters. The van der Waals surface area contributed by atoms with Crippen LogP contribution >= 0.6 is 22.9 Å². The van der Waals surface area contributed by atoms with Crippen molar-refractivity contribution >= 4 is 61.9 Å². The molecule has 5 aromatic rings. The van der Waals surface area contributed by atoms with Gasteiger partial charge in [0.15, 0.2) is 11.6 Å². The number of hydrogen-bond donors (Lipinski definition) is 2. The average molecular weight is 611 g/mol. The van der Waals surface area contributed by atoms with Gasteiger partial charge in [-0.05, 0) is 43.7 Å². The number of nitrogens with zero attached hydrogens (tertiary/aromatic N) is 4. The van der Waals surface area contributed by atoms with E-state index < -0.39 is 23.9 Å². The number of halogens is 2. The molecule has 2 amide bonds. The second-order valence-corrected chi connectivity index (χ2v) is 10.5.